The first kappa shape index (κ1) is 16.6. The number of hydrogen-bond donors (Lipinski definition) is 2. The molecule has 0 aromatic heterocycles. The van der Waals surface area contributed by atoms with Crippen molar-refractivity contribution in [3.63, 3.8) is 0 Å². The van der Waals surface area contributed by atoms with E-state index < -0.39 is 5.97 Å². The SMILES string of the molecule is O=C(O)CCCCNC(=O)CSCCc1ccccc1. The van der Waals surface area contributed by atoms with Crippen molar-refractivity contribution in [1.29, 1.82) is 0 Å². The zero-order valence-electron chi connectivity index (χ0n) is 11.5. The molecule has 1 amide bonds. The summed E-state index contributed by atoms with van der Waals surface area (Å²) in [4.78, 5) is 21.8. The van der Waals surface area contributed by atoms with E-state index in [-0.39, 0.29) is 12.3 Å². The van der Waals surface area contributed by atoms with Crippen LogP contribution < -0.4 is 5.32 Å². The highest BCUT2D eigenvalue weighted by Crippen LogP contribution is 2.06. The minimum atomic E-state index is -0.784. The van der Waals surface area contributed by atoms with Crippen molar-refractivity contribution in [2.24, 2.45) is 0 Å². The molecule has 20 heavy (non-hydrogen) atoms. The third kappa shape index (κ3) is 8.58. The second kappa shape index (κ2) is 10.3. The van der Waals surface area contributed by atoms with Crippen LogP contribution in [0.5, 0.6) is 0 Å². The van der Waals surface area contributed by atoms with Gasteiger partial charge in [-0.2, -0.15) is 11.8 Å². The van der Waals surface area contributed by atoms with Crippen LogP contribution in [0.25, 0.3) is 0 Å². The molecular formula is C15H21NO3S. The van der Waals surface area contributed by atoms with Crippen molar-refractivity contribution in [1.82, 2.24) is 5.32 Å². The van der Waals surface area contributed by atoms with Crippen LogP contribution >= 0.6 is 11.8 Å². The normalized spacial score (nSPS) is 10.2. The van der Waals surface area contributed by atoms with Crippen molar-refractivity contribution >= 4 is 23.6 Å². The van der Waals surface area contributed by atoms with E-state index in [0.29, 0.717) is 25.1 Å². The molecule has 0 fully saturated rings. The number of aryl methyl sites for hydroxylation is 1. The standard InChI is InChI=1S/C15H21NO3S/c17-14(16-10-5-4-8-15(18)19)12-20-11-9-13-6-2-1-3-7-13/h1-3,6-7H,4-5,8-12H2,(H,16,17)(H,18,19). The van der Waals surface area contributed by atoms with Gasteiger partial charge in [-0.1, -0.05) is 30.3 Å². The number of unbranched alkanes of at least 4 members (excludes halogenated alkanes) is 1. The summed E-state index contributed by atoms with van der Waals surface area (Å²) in [6.45, 7) is 0.561. The van der Waals surface area contributed by atoms with Crippen LogP contribution in [0.2, 0.25) is 0 Å². The number of amides is 1. The van der Waals surface area contributed by atoms with Gasteiger partial charge in [0.15, 0.2) is 0 Å². The first-order valence-electron chi connectivity index (χ1n) is 6.78. The van der Waals surface area contributed by atoms with Gasteiger partial charge in [0, 0.05) is 13.0 Å². The summed E-state index contributed by atoms with van der Waals surface area (Å²) in [6.07, 6.45) is 2.46. The Labute approximate surface area is 124 Å². The zero-order valence-corrected chi connectivity index (χ0v) is 12.3. The summed E-state index contributed by atoms with van der Waals surface area (Å²) < 4.78 is 0. The quantitative estimate of drug-likeness (QED) is 0.650. The average molecular weight is 295 g/mol. The number of aliphatic carboxylic acids is 1. The van der Waals surface area contributed by atoms with E-state index in [1.807, 2.05) is 18.2 Å². The Balaban J connectivity index is 1.96. The van der Waals surface area contributed by atoms with E-state index in [0.717, 1.165) is 12.2 Å². The molecule has 0 bridgehead atoms. The predicted molar refractivity (Wildman–Crippen MR) is 82.0 cm³/mol. The van der Waals surface area contributed by atoms with Crippen LogP contribution in [0.1, 0.15) is 24.8 Å². The van der Waals surface area contributed by atoms with Crippen LogP contribution in [-0.2, 0) is 16.0 Å². The van der Waals surface area contributed by atoms with Gasteiger partial charge in [-0.25, -0.2) is 0 Å². The molecule has 1 rings (SSSR count). The van der Waals surface area contributed by atoms with Crippen LogP contribution in [0.4, 0.5) is 0 Å². The molecule has 0 aliphatic rings. The second-order valence-corrected chi connectivity index (χ2v) is 5.59. The van der Waals surface area contributed by atoms with E-state index in [1.54, 1.807) is 11.8 Å². The van der Waals surface area contributed by atoms with Gasteiger partial charge in [-0.05, 0) is 30.6 Å². The molecule has 0 atom stereocenters. The molecule has 0 radical (unpaired) electrons. The van der Waals surface area contributed by atoms with Crippen LogP contribution in [-0.4, -0.2) is 35.0 Å². The molecule has 0 spiro atoms. The predicted octanol–water partition coefficient (Wildman–Crippen LogP) is 2.33. The monoisotopic (exact) mass is 295 g/mol. The van der Waals surface area contributed by atoms with E-state index in [9.17, 15) is 9.59 Å². The van der Waals surface area contributed by atoms with E-state index in [2.05, 4.69) is 17.4 Å². The number of carbonyl (C=O) groups excluding carboxylic acids is 1. The Kier molecular flexibility index (Phi) is 8.54. The Hall–Kier alpha value is -1.49. The van der Waals surface area contributed by atoms with Crippen molar-refractivity contribution in [2.75, 3.05) is 18.1 Å². The first-order chi connectivity index (χ1) is 9.68. The Morgan fingerprint density at radius 2 is 1.90 bits per heavy atom. The highest BCUT2D eigenvalue weighted by atomic mass is 32.2. The Morgan fingerprint density at radius 3 is 2.60 bits per heavy atom. The third-order valence-corrected chi connectivity index (χ3v) is 3.71. The van der Waals surface area contributed by atoms with E-state index in [4.69, 9.17) is 5.11 Å². The Morgan fingerprint density at radius 1 is 1.15 bits per heavy atom. The molecule has 1 aromatic rings. The summed E-state index contributed by atoms with van der Waals surface area (Å²) in [6, 6.07) is 10.2. The summed E-state index contributed by atoms with van der Waals surface area (Å²) in [5, 5.41) is 11.3. The van der Waals surface area contributed by atoms with Crippen LogP contribution in [0.3, 0.4) is 0 Å². The Bertz CT molecular complexity index is 409. The smallest absolute Gasteiger partial charge is 0.303 e. The summed E-state index contributed by atoms with van der Waals surface area (Å²) in [5.74, 6) is 0.633. The molecule has 0 aliphatic heterocycles. The largest absolute Gasteiger partial charge is 0.481 e. The van der Waals surface area contributed by atoms with E-state index >= 15 is 0 Å². The number of carboxylic acid groups (broad SMARTS) is 1. The number of hydrogen-bond acceptors (Lipinski definition) is 3. The molecule has 0 saturated heterocycles. The molecule has 0 unspecified atom stereocenters. The fourth-order valence-electron chi connectivity index (χ4n) is 1.68. The van der Waals surface area contributed by atoms with Gasteiger partial charge in [0.05, 0.1) is 5.75 Å². The van der Waals surface area contributed by atoms with Crippen molar-refractivity contribution in [3.8, 4) is 0 Å². The molecule has 4 nitrogen and oxygen atoms in total. The van der Waals surface area contributed by atoms with Gasteiger partial charge >= 0.3 is 5.97 Å². The maximum atomic E-state index is 11.5. The van der Waals surface area contributed by atoms with Crippen molar-refractivity contribution in [3.05, 3.63) is 35.9 Å². The maximum absolute atomic E-state index is 11.5. The molecule has 110 valence electrons. The van der Waals surface area contributed by atoms with Crippen LogP contribution in [0.15, 0.2) is 30.3 Å². The number of rotatable bonds is 10. The molecule has 0 saturated carbocycles. The van der Waals surface area contributed by atoms with Gasteiger partial charge in [0.25, 0.3) is 0 Å². The summed E-state index contributed by atoms with van der Waals surface area (Å²) in [7, 11) is 0. The first-order valence-corrected chi connectivity index (χ1v) is 7.94. The lowest BCUT2D eigenvalue weighted by molar-refractivity contribution is -0.137. The molecule has 2 N–H and O–H groups in total. The number of benzene rings is 1. The number of carboxylic acids is 1. The fourth-order valence-corrected chi connectivity index (χ4v) is 2.49. The zero-order chi connectivity index (χ0) is 14.6. The molecule has 0 heterocycles. The lowest BCUT2D eigenvalue weighted by atomic mass is 10.2. The molecule has 0 aliphatic carbocycles. The molecule has 5 heteroatoms. The number of thioether (sulfide) groups is 1. The topological polar surface area (TPSA) is 66.4 Å². The van der Waals surface area contributed by atoms with Gasteiger partial charge in [0.2, 0.25) is 5.91 Å². The van der Waals surface area contributed by atoms with Crippen molar-refractivity contribution in [2.45, 2.75) is 25.7 Å². The van der Waals surface area contributed by atoms with Gasteiger partial charge < -0.3 is 10.4 Å². The minimum Gasteiger partial charge on any atom is -0.481 e. The van der Waals surface area contributed by atoms with Gasteiger partial charge in [0.1, 0.15) is 0 Å². The highest BCUT2D eigenvalue weighted by molar-refractivity contribution is 7.99. The lowest BCUT2D eigenvalue weighted by Crippen LogP contribution is -2.26. The van der Waals surface area contributed by atoms with E-state index in [1.165, 1.54) is 5.56 Å². The highest BCUT2D eigenvalue weighted by Gasteiger charge is 2.02. The van der Waals surface area contributed by atoms with Gasteiger partial charge in [-0.15, -0.1) is 0 Å². The maximum Gasteiger partial charge on any atom is 0.303 e. The molecule has 1 aromatic carbocycles. The summed E-state index contributed by atoms with van der Waals surface area (Å²) in [5.41, 5.74) is 1.29. The average Bonchev–Trinajstić information content (AvgIpc) is 2.44. The number of carbonyl (C=O) groups is 2. The third-order valence-electron chi connectivity index (χ3n) is 2.75. The summed E-state index contributed by atoms with van der Waals surface area (Å²) >= 11 is 1.62. The number of nitrogens with one attached hydrogen (secondary N) is 1. The van der Waals surface area contributed by atoms with Crippen LogP contribution in [0, 0.1) is 0 Å². The van der Waals surface area contributed by atoms with Gasteiger partial charge in [-0.3, -0.25) is 9.59 Å². The molecular weight excluding hydrogens is 274 g/mol. The fraction of sp³-hybridized carbons (Fsp3) is 0.467. The second-order valence-electron chi connectivity index (χ2n) is 4.49. The van der Waals surface area contributed by atoms with Crippen molar-refractivity contribution < 1.29 is 14.7 Å². The lowest BCUT2D eigenvalue weighted by Gasteiger charge is -2.05. The minimum absolute atomic E-state index is 0.0263.